The van der Waals surface area contributed by atoms with Gasteiger partial charge in [0.1, 0.15) is 11.6 Å². The molecule has 5 nitrogen and oxygen atoms in total. The first-order valence-corrected chi connectivity index (χ1v) is 6.40. The van der Waals surface area contributed by atoms with Crippen molar-refractivity contribution >= 4 is 5.82 Å². The van der Waals surface area contributed by atoms with Gasteiger partial charge in [-0.25, -0.2) is 4.98 Å². The quantitative estimate of drug-likeness (QED) is 0.859. The van der Waals surface area contributed by atoms with Gasteiger partial charge in [0.15, 0.2) is 0 Å². The van der Waals surface area contributed by atoms with E-state index in [-0.39, 0.29) is 0 Å². The van der Waals surface area contributed by atoms with Crippen LogP contribution in [0.5, 0.6) is 5.88 Å². The summed E-state index contributed by atoms with van der Waals surface area (Å²) in [5.74, 6) is 2.16. The second kappa shape index (κ2) is 6.68. The number of hydrogen-bond acceptors (Lipinski definition) is 5. The van der Waals surface area contributed by atoms with Crippen LogP contribution in [0.25, 0.3) is 0 Å². The normalized spacial score (nSPS) is 10.2. The summed E-state index contributed by atoms with van der Waals surface area (Å²) in [5, 5.41) is 3.01. The third-order valence-electron chi connectivity index (χ3n) is 2.66. The summed E-state index contributed by atoms with van der Waals surface area (Å²) in [7, 11) is 1.83. The van der Waals surface area contributed by atoms with Gasteiger partial charge in [-0.1, -0.05) is 13.0 Å². The fourth-order valence-electron chi connectivity index (χ4n) is 1.64. The topological polar surface area (TPSA) is 59.9 Å². The van der Waals surface area contributed by atoms with Crippen LogP contribution in [0.1, 0.15) is 18.4 Å². The maximum absolute atomic E-state index is 5.66. The van der Waals surface area contributed by atoms with Crippen molar-refractivity contribution in [2.75, 3.05) is 19.0 Å². The molecule has 0 amide bonds. The van der Waals surface area contributed by atoms with Crippen LogP contribution in [0.2, 0.25) is 0 Å². The largest absolute Gasteiger partial charge is 0.477 e. The van der Waals surface area contributed by atoms with Crippen LogP contribution in [0.15, 0.2) is 30.5 Å². The molecule has 2 rings (SSSR count). The third kappa shape index (κ3) is 3.91. The number of rotatable bonds is 6. The average Bonchev–Trinajstić information content (AvgIpc) is 2.48. The van der Waals surface area contributed by atoms with Gasteiger partial charge >= 0.3 is 0 Å². The first-order valence-electron chi connectivity index (χ1n) is 6.40. The fraction of sp³-hybridized carbons (Fsp3) is 0.357. The minimum absolute atomic E-state index is 0.556. The number of aryl methyl sites for hydroxylation is 1. The molecular formula is C14H18N4O. The zero-order valence-electron chi connectivity index (χ0n) is 11.3. The maximum Gasteiger partial charge on any atom is 0.218 e. The van der Waals surface area contributed by atoms with E-state index >= 15 is 0 Å². The molecule has 19 heavy (non-hydrogen) atoms. The molecule has 0 radical (unpaired) electrons. The number of pyridine rings is 1. The molecule has 5 heteroatoms. The lowest BCUT2D eigenvalue weighted by molar-refractivity contribution is 0.307. The summed E-state index contributed by atoms with van der Waals surface area (Å²) in [6.45, 7) is 2.58. The second-order valence-electron chi connectivity index (χ2n) is 4.03. The first-order chi connectivity index (χ1) is 9.31. The molecule has 2 heterocycles. The highest BCUT2D eigenvalue weighted by molar-refractivity contribution is 5.37. The Morgan fingerprint density at radius 3 is 2.84 bits per heavy atom. The molecule has 0 saturated carbocycles. The predicted octanol–water partition coefficient (Wildman–Crippen LogP) is 2.10. The summed E-state index contributed by atoms with van der Waals surface area (Å²) >= 11 is 0. The standard InChI is InChI=1S/C14H18N4O/c1-3-12-17-13(15-2)10-14(18-12)19-9-7-11-6-4-5-8-16-11/h4-6,8,10H,3,7,9H2,1-2H3,(H,15,17,18). The molecule has 0 bridgehead atoms. The van der Waals surface area contributed by atoms with Gasteiger partial charge in [-0.05, 0) is 12.1 Å². The molecule has 0 atom stereocenters. The number of ether oxygens (including phenoxy) is 1. The van der Waals surface area contributed by atoms with Crippen LogP contribution in [-0.2, 0) is 12.8 Å². The zero-order chi connectivity index (χ0) is 13.5. The fourth-order valence-corrected chi connectivity index (χ4v) is 1.64. The molecule has 0 aliphatic carbocycles. The molecule has 0 saturated heterocycles. The predicted molar refractivity (Wildman–Crippen MR) is 74.4 cm³/mol. The van der Waals surface area contributed by atoms with Crippen LogP contribution in [-0.4, -0.2) is 28.6 Å². The summed E-state index contributed by atoms with van der Waals surface area (Å²) in [4.78, 5) is 12.9. The van der Waals surface area contributed by atoms with Crippen molar-refractivity contribution in [2.45, 2.75) is 19.8 Å². The Bertz CT molecular complexity index is 494. The van der Waals surface area contributed by atoms with Crippen LogP contribution in [0.3, 0.4) is 0 Å². The van der Waals surface area contributed by atoms with Crippen molar-refractivity contribution in [1.29, 1.82) is 0 Å². The van der Waals surface area contributed by atoms with E-state index in [9.17, 15) is 0 Å². The van der Waals surface area contributed by atoms with E-state index in [0.29, 0.717) is 12.5 Å². The Morgan fingerprint density at radius 1 is 1.26 bits per heavy atom. The van der Waals surface area contributed by atoms with Gasteiger partial charge in [0.2, 0.25) is 5.88 Å². The van der Waals surface area contributed by atoms with Crippen molar-refractivity contribution < 1.29 is 4.74 Å². The van der Waals surface area contributed by atoms with Crippen molar-refractivity contribution in [3.63, 3.8) is 0 Å². The van der Waals surface area contributed by atoms with Crippen LogP contribution < -0.4 is 10.1 Å². The van der Waals surface area contributed by atoms with E-state index < -0.39 is 0 Å². The van der Waals surface area contributed by atoms with Crippen molar-refractivity contribution in [3.8, 4) is 5.88 Å². The average molecular weight is 258 g/mol. The van der Waals surface area contributed by atoms with Gasteiger partial charge in [0.25, 0.3) is 0 Å². The Balaban J connectivity index is 1.95. The van der Waals surface area contributed by atoms with Gasteiger partial charge in [-0.2, -0.15) is 4.98 Å². The van der Waals surface area contributed by atoms with E-state index in [1.165, 1.54) is 0 Å². The molecule has 2 aromatic heterocycles. The highest BCUT2D eigenvalue weighted by Gasteiger charge is 2.03. The highest BCUT2D eigenvalue weighted by atomic mass is 16.5. The lowest BCUT2D eigenvalue weighted by Gasteiger charge is -2.08. The van der Waals surface area contributed by atoms with Crippen LogP contribution in [0, 0.1) is 0 Å². The molecule has 0 aromatic carbocycles. The molecule has 2 aromatic rings. The van der Waals surface area contributed by atoms with E-state index in [2.05, 4.69) is 20.3 Å². The van der Waals surface area contributed by atoms with Gasteiger partial charge < -0.3 is 10.1 Å². The second-order valence-corrected chi connectivity index (χ2v) is 4.03. The van der Waals surface area contributed by atoms with Crippen molar-refractivity contribution in [1.82, 2.24) is 15.0 Å². The Labute approximate surface area is 113 Å². The SMILES string of the molecule is CCc1nc(NC)cc(OCCc2ccccn2)n1. The van der Waals surface area contributed by atoms with Gasteiger partial charge in [-0.15, -0.1) is 0 Å². The maximum atomic E-state index is 5.66. The molecule has 1 N–H and O–H groups in total. The molecule has 0 unspecified atom stereocenters. The summed E-state index contributed by atoms with van der Waals surface area (Å²) in [6, 6.07) is 7.67. The lowest BCUT2D eigenvalue weighted by atomic mass is 10.3. The first kappa shape index (κ1) is 13.3. The number of hydrogen-bond donors (Lipinski definition) is 1. The van der Waals surface area contributed by atoms with Crippen molar-refractivity contribution in [3.05, 3.63) is 42.0 Å². The summed E-state index contributed by atoms with van der Waals surface area (Å²) < 4.78 is 5.66. The Morgan fingerprint density at radius 2 is 2.16 bits per heavy atom. The van der Waals surface area contributed by atoms with E-state index in [4.69, 9.17) is 4.74 Å². The minimum Gasteiger partial charge on any atom is -0.477 e. The molecule has 0 fully saturated rings. The molecule has 100 valence electrons. The minimum atomic E-state index is 0.556. The molecule has 0 spiro atoms. The third-order valence-corrected chi connectivity index (χ3v) is 2.66. The van der Waals surface area contributed by atoms with Gasteiger partial charge in [0, 0.05) is 37.8 Å². The smallest absolute Gasteiger partial charge is 0.218 e. The lowest BCUT2D eigenvalue weighted by Crippen LogP contribution is -2.07. The monoisotopic (exact) mass is 258 g/mol. The summed E-state index contributed by atoms with van der Waals surface area (Å²) in [5.41, 5.74) is 1.01. The van der Waals surface area contributed by atoms with E-state index in [1.807, 2.05) is 32.2 Å². The van der Waals surface area contributed by atoms with Crippen LogP contribution in [0.4, 0.5) is 5.82 Å². The van der Waals surface area contributed by atoms with Crippen molar-refractivity contribution in [2.24, 2.45) is 0 Å². The number of anilines is 1. The van der Waals surface area contributed by atoms with E-state index in [0.717, 1.165) is 30.2 Å². The van der Waals surface area contributed by atoms with Gasteiger partial charge in [-0.3, -0.25) is 4.98 Å². The molecular weight excluding hydrogens is 240 g/mol. The molecule has 0 aliphatic rings. The summed E-state index contributed by atoms with van der Waals surface area (Å²) in [6.07, 6.45) is 3.33. The Hall–Kier alpha value is -2.17. The number of aromatic nitrogens is 3. The Kier molecular flexibility index (Phi) is 4.66. The number of nitrogens with one attached hydrogen (secondary N) is 1. The number of nitrogens with zero attached hydrogens (tertiary/aromatic N) is 3. The van der Waals surface area contributed by atoms with Crippen LogP contribution >= 0.6 is 0 Å². The molecule has 0 aliphatic heterocycles. The highest BCUT2D eigenvalue weighted by Crippen LogP contribution is 2.13. The zero-order valence-corrected chi connectivity index (χ0v) is 11.3. The van der Waals surface area contributed by atoms with E-state index in [1.54, 1.807) is 12.3 Å². The van der Waals surface area contributed by atoms with Gasteiger partial charge in [0.05, 0.1) is 6.61 Å².